The van der Waals surface area contributed by atoms with Crippen molar-refractivity contribution < 1.29 is 18.4 Å². The van der Waals surface area contributed by atoms with E-state index in [-0.39, 0.29) is 41.1 Å². The van der Waals surface area contributed by atoms with Gasteiger partial charge in [-0.25, -0.2) is 18.7 Å². The molecule has 3 heterocycles. The van der Waals surface area contributed by atoms with Crippen LogP contribution < -0.4 is 43.4 Å². The number of amides is 1. The number of hydrogen-bond donors (Lipinski definition) is 6. The Balaban J connectivity index is 1.21. The maximum atomic E-state index is 14.1. The fraction of sp³-hybridized carbons (Fsp3) is 0.393. The Labute approximate surface area is 247 Å². The highest BCUT2D eigenvalue weighted by Crippen LogP contribution is 2.31. The van der Waals surface area contributed by atoms with Gasteiger partial charge in [0.1, 0.15) is 6.33 Å². The lowest BCUT2D eigenvalue weighted by Gasteiger charge is -2.37. The monoisotopic (exact) mass is 595 g/mol. The van der Waals surface area contributed by atoms with Crippen LogP contribution in [-0.2, 0) is 4.79 Å². The van der Waals surface area contributed by atoms with Gasteiger partial charge in [0.2, 0.25) is 17.8 Å². The molecule has 0 spiro atoms. The van der Waals surface area contributed by atoms with Crippen LogP contribution >= 0.6 is 0 Å². The van der Waals surface area contributed by atoms with Crippen molar-refractivity contribution in [1.29, 1.82) is 0 Å². The van der Waals surface area contributed by atoms with Crippen LogP contribution in [0.15, 0.2) is 42.7 Å². The predicted octanol–water partition coefficient (Wildman–Crippen LogP) is 0.834. The number of nitrogens with two attached hydrogens (primary N) is 4. The highest BCUT2D eigenvalue weighted by Gasteiger charge is 2.27. The van der Waals surface area contributed by atoms with Gasteiger partial charge < -0.3 is 43.4 Å². The molecule has 1 amide bonds. The molecule has 43 heavy (non-hydrogen) atoms. The molecular formula is C28H35F2N11O2. The standard InChI is InChI=1S/C28H35F2N11O2/c29-21-7-23(24(8-22(21)30)40-10-16(31)5-17(32)11-40)38-26(43)9-25(42)15-1-3-20(4-2-15)37-27-35-14-36-28(39-27)41-12-18(33)6-19(34)13-41/h1-4,7-8,14,16-19H,5-6,9-13,31-34H2,(H,38,43)(H,35,36,37,39)/t16-,17+,18-,19+. The molecule has 2 aliphatic heterocycles. The molecule has 2 fully saturated rings. The van der Waals surface area contributed by atoms with Crippen molar-refractivity contribution >= 4 is 40.6 Å². The van der Waals surface area contributed by atoms with Crippen LogP contribution in [0.1, 0.15) is 29.6 Å². The number of piperidine rings is 2. The smallest absolute Gasteiger partial charge is 0.232 e. The summed E-state index contributed by atoms with van der Waals surface area (Å²) < 4.78 is 28.2. The van der Waals surface area contributed by atoms with Crippen molar-refractivity contribution in [2.45, 2.75) is 43.4 Å². The molecule has 15 heteroatoms. The summed E-state index contributed by atoms with van der Waals surface area (Å²) >= 11 is 0. The van der Waals surface area contributed by atoms with Crippen LogP contribution in [0.5, 0.6) is 0 Å². The molecule has 4 atom stereocenters. The number of Topliss-reactive ketones (excluding diaryl/α,β-unsaturated/α-hetero) is 1. The van der Waals surface area contributed by atoms with Crippen LogP contribution in [-0.4, -0.2) is 77.0 Å². The van der Waals surface area contributed by atoms with Gasteiger partial charge in [0, 0.05) is 73.7 Å². The van der Waals surface area contributed by atoms with Gasteiger partial charge in [0.15, 0.2) is 17.4 Å². The SMILES string of the molecule is N[C@@H]1C[C@H](N)CN(c2ncnc(Nc3ccc(C(=O)CC(=O)Nc4cc(F)c(F)cc4N4C[C@H](N)C[C@H](N)C4)cc3)n2)C1. The summed E-state index contributed by atoms with van der Waals surface area (Å²) in [5.41, 5.74) is 25.4. The van der Waals surface area contributed by atoms with Gasteiger partial charge in [-0.15, -0.1) is 0 Å². The summed E-state index contributed by atoms with van der Waals surface area (Å²) in [6, 6.07) is 7.62. The number of nitrogens with one attached hydrogen (secondary N) is 2. The number of anilines is 5. The zero-order valence-corrected chi connectivity index (χ0v) is 23.4. The maximum Gasteiger partial charge on any atom is 0.232 e. The van der Waals surface area contributed by atoms with Gasteiger partial charge in [-0.2, -0.15) is 4.98 Å². The number of aromatic nitrogens is 3. The predicted molar refractivity (Wildman–Crippen MR) is 159 cm³/mol. The maximum absolute atomic E-state index is 14.1. The molecule has 13 nitrogen and oxygen atoms in total. The lowest BCUT2D eigenvalue weighted by atomic mass is 10.0. The first-order chi connectivity index (χ1) is 20.5. The summed E-state index contributed by atoms with van der Waals surface area (Å²) in [7, 11) is 0. The van der Waals surface area contributed by atoms with Crippen LogP contribution in [0.4, 0.5) is 37.7 Å². The fourth-order valence-electron chi connectivity index (χ4n) is 5.43. The lowest BCUT2D eigenvalue weighted by Crippen LogP contribution is -2.52. The highest BCUT2D eigenvalue weighted by molar-refractivity contribution is 6.11. The molecule has 2 aliphatic rings. The van der Waals surface area contributed by atoms with Gasteiger partial charge in [-0.05, 0) is 37.1 Å². The third kappa shape index (κ3) is 7.56. The average Bonchev–Trinajstić information content (AvgIpc) is 2.94. The zero-order valence-electron chi connectivity index (χ0n) is 23.4. The van der Waals surface area contributed by atoms with Crippen molar-refractivity contribution in [3.05, 3.63) is 59.9 Å². The summed E-state index contributed by atoms with van der Waals surface area (Å²) in [6.45, 7) is 1.87. The number of rotatable bonds is 8. The van der Waals surface area contributed by atoms with Gasteiger partial charge in [-0.3, -0.25) is 9.59 Å². The fourth-order valence-corrected chi connectivity index (χ4v) is 5.43. The van der Waals surface area contributed by atoms with E-state index in [1.807, 2.05) is 4.90 Å². The Morgan fingerprint density at radius 3 is 2.05 bits per heavy atom. The molecule has 2 aromatic carbocycles. The third-order valence-electron chi connectivity index (χ3n) is 7.31. The molecule has 2 saturated heterocycles. The number of ketones is 1. The number of benzene rings is 2. The lowest BCUT2D eigenvalue weighted by molar-refractivity contribution is -0.115. The van der Waals surface area contributed by atoms with E-state index in [1.165, 1.54) is 6.33 Å². The van der Waals surface area contributed by atoms with Crippen LogP contribution in [0.3, 0.4) is 0 Å². The van der Waals surface area contributed by atoms with Gasteiger partial charge in [0.25, 0.3) is 0 Å². The molecule has 3 aromatic rings. The first-order valence-electron chi connectivity index (χ1n) is 13.9. The second-order valence-corrected chi connectivity index (χ2v) is 11.1. The van der Waals surface area contributed by atoms with Crippen molar-refractivity contribution in [2.75, 3.05) is 46.6 Å². The first-order valence-corrected chi connectivity index (χ1v) is 13.9. The minimum atomic E-state index is -1.13. The van der Waals surface area contributed by atoms with Gasteiger partial charge in [-0.1, -0.05) is 0 Å². The van der Waals surface area contributed by atoms with E-state index in [2.05, 4.69) is 25.6 Å². The van der Waals surface area contributed by atoms with E-state index < -0.39 is 29.7 Å². The molecule has 10 N–H and O–H groups in total. The number of carbonyl (C=O) groups is 2. The van der Waals surface area contributed by atoms with Crippen LogP contribution in [0.2, 0.25) is 0 Å². The van der Waals surface area contributed by atoms with E-state index in [4.69, 9.17) is 22.9 Å². The third-order valence-corrected chi connectivity index (χ3v) is 7.31. The summed E-state index contributed by atoms with van der Waals surface area (Å²) in [6.07, 6.45) is 2.19. The summed E-state index contributed by atoms with van der Waals surface area (Å²) in [4.78, 5) is 42.1. The molecule has 0 unspecified atom stereocenters. The van der Waals surface area contributed by atoms with Crippen LogP contribution in [0, 0.1) is 11.6 Å². The second-order valence-electron chi connectivity index (χ2n) is 11.1. The zero-order chi connectivity index (χ0) is 30.7. The van der Waals surface area contributed by atoms with Gasteiger partial charge >= 0.3 is 0 Å². The Morgan fingerprint density at radius 2 is 1.42 bits per heavy atom. The highest BCUT2D eigenvalue weighted by atomic mass is 19.2. The Hall–Kier alpha value is -4.31. The Kier molecular flexibility index (Phi) is 9.05. The minimum absolute atomic E-state index is 0.0304. The normalized spacial score (nSPS) is 22.3. The van der Waals surface area contributed by atoms with E-state index in [1.54, 1.807) is 29.2 Å². The first kappa shape index (κ1) is 30.2. The minimum Gasteiger partial charge on any atom is -0.367 e. The number of halogens is 2. The largest absolute Gasteiger partial charge is 0.367 e. The number of hydrogen-bond acceptors (Lipinski definition) is 12. The molecular weight excluding hydrogens is 560 g/mol. The summed E-state index contributed by atoms with van der Waals surface area (Å²) in [5, 5.41) is 5.61. The van der Waals surface area contributed by atoms with Crippen molar-refractivity contribution in [2.24, 2.45) is 22.9 Å². The molecule has 0 saturated carbocycles. The molecule has 228 valence electrons. The van der Waals surface area contributed by atoms with Crippen molar-refractivity contribution in [3.63, 3.8) is 0 Å². The molecule has 0 aliphatic carbocycles. The molecule has 0 radical (unpaired) electrons. The average molecular weight is 596 g/mol. The van der Waals surface area contributed by atoms with E-state index in [9.17, 15) is 18.4 Å². The van der Waals surface area contributed by atoms with Crippen molar-refractivity contribution in [1.82, 2.24) is 15.0 Å². The van der Waals surface area contributed by atoms with Crippen LogP contribution in [0.25, 0.3) is 0 Å². The molecule has 0 bridgehead atoms. The van der Waals surface area contributed by atoms with E-state index >= 15 is 0 Å². The number of carbonyl (C=O) groups excluding carboxylic acids is 2. The summed E-state index contributed by atoms with van der Waals surface area (Å²) in [5.74, 6) is -2.59. The second kappa shape index (κ2) is 12.9. The number of nitrogens with zero attached hydrogens (tertiary/aromatic N) is 5. The molecule has 1 aromatic heterocycles. The van der Waals surface area contributed by atoms with Crippen molar-refractivity contribution in [3.8, 4) is 0 Å². The topological polar surface area (TPSA) is 207 Å². The van der Waals surface area contributed by atoms with E-state index in [0.29, 0.717) is 50.2 Å². The Bertz CT molecular complexity index is 1460. The Morgan fingerprint density at radius 1 is 0.837 bits per heavy atom. The van der Waals surface area contributed by atoms with Gasteiger partial charge in [0.05, 0.1) is 17.8 Å². The quantitative estimate of drug-likeness (QED) is 0.158. The van der Waals surface area contributed by atoms with E-state index in [0.717, 1.165) is 18.6 Å². The molecule has 5 rings (SSSR count).